The molecule has 0 aliphatic carbocycles. The second-order valence-corrected chi connectivity index (χ2v) is 9.88. The van der Waals surface area contributed by atoms with E-state index in [2.05, 4.69) is 22.5 Å². The van der Waals surface area contributed by atoms with E-state index in [4.69, 9.17) is 16.3 Å². The number of carbonyl (C=O) groups excluding carboxylic acids is 1. The molecule has 8 heteroatoms. The third-order valence-electron chi connectivity index (χ3n) is 6.99. The summed E-state index contributed by atoms with van der Waals surface area (Å²) in [6.45, 7) is 1.79. The fraction of sp³-hybridized carbons (Fsp3) is 0.333. The molecule has 1 aliphatic rings. The highest BCUT2D eigenvalue weighted by atomic mass is 35.5. The van der Waals surface area contributed by atoms with E-state index < -0.39 is 23.9 Å². The number of aliphatic hydroxyl groups excluding tert-OH is 1. The number of allylic oxidation sites excluding steroid dienone is 1. The van der Waals surface area contributed by atoms with Gasteiger partial charge in [-0.05, 0) is 54.8 Å². The van der Waals surface area contributed by atoms with Gasteiger partial charge in [-0.2, -0.15) is 0 Å². The fourth-order valence-electron chi connectivity index (χ4n) is 4.93. The van der Waals surface area contributed by atoms with Crippen LogP contribution in [0, 0.1) is 5.82 Å². The summed E-state index contributed by atoms with van der Waals surface area (Å²) in [5, 5.41) is 17.1. The summed E-state index contributed by atoms with van der Waals surface area (Å²) in [6, 6.07) is 17.1. The molecule has 200 valence electrons. The molecule has 1 amide bonds. The van der Waals surface area contributed by atoms with Gasteiger partial charge in [-0.25, -0.2) is 4.39 Å². The highest BCUT2D eigenvalue weighted by Gasteiger charge is 2.30. The number of hydrogen-bond donors (Lipinski definition) is 3. The maximum absolute atomic E-state index is 15.5. The predicted octanol–water partition coefficient (Wildman–Crippen LogP) is 5.12. The molecule has 4 atom stereocenters. The summed E-state index contributed by atoms with van der Waals surface area (Å²) in [5.74, 6) is -1.18. The number of carbonyl (C=O) groups is 1. The minimum atomic E-state index is -0.655. The van der Waals surface area contributed by atoms with Crippen LogP contribution in [0.15, 0.2) is 72.9 Å². The number of hydrogen-bond acceptors (Lipinski definition) is 5. The molecule has 0 saturated carbocycles. The van der Waals surface area contributed by atoms with Gasteiger partial charge in [0.15, 0.2) is 0 Å². The number of nitrogens with one attached hydrogen (secondary N) is 2. The summed E-state index contributed by atoms with van der Waals surface area (Å²) in [6.07, 6.45) is 4.84. The number of nitrogens with zero attached hydrogens (tertiary/aromatic N) is 1. The molecular formula is C30H33ClFN3O3. The molecule has 4 rings (SSSR count). The van der Waals surface area contributed by atoms with Gasteiger partial charge in [-0.15, -0.1) is 0 Å². The predicted molar refractivity (Wildman–Crippen MR) is 147 cm³/mol. The molecule has 38 heavy (non-hydrogen) atoms. The Kier molecular flexibility index (Phi) is 9.50. The molecule has 0 bridgehead atoms. The minimum absolute atomic E-state index is 0.107. The van der Waals surface area contributed by atoms with Crippen LogP contribution in [0.5, 0.6) is 0 Å². The molecule has 6 nitrogen and oxygen atoms in total. The Balaban J connectivity index is 1.67. The minimum Gasteiger partial charge on any atom is -0.394 e. The van der Waals surface area contributed by atoms with E-state index in [1.807, 2.05) is 48.5 Å². The first-order valence-corrected chi connectivity index (χ1v) is 13.2. The fourth-order valence-corrected chi connectivity index (χ4v) is 5.05. The van der Waals surface area contributed by atoms with Crippen molar-refractivity contribution in [2.45, 2.75) is 50.3 Å². The lowest BCUT2D eigenvalue weighted by atomic mass is 9.83. The highest BCUT2D eigenvalue weighted by Crippen LogP contribution is 2.35. The average Bonchev–Trinajstić information content (AvgIpc) is 2.94. The van der Waals surface area contributed by atoms with Crippen molar-refractivity contribution in [3.63, 3.8) is 0 Å². The second kappa shape index (κ2) is 13.0. The van der Waals surface area contributed by atoms with E-state index in [-0.39, 0.29) is 24.1 Å². The van der Waals surface area contributed by atoms with E-state index in [0.717, 1.165) is 23.4 Å². The third-order valence-corrected chi connectivity index (χ3v) is 7.24. The smallest absolute Gasteiger partial charge is 0.252 e. The number of aromatic nitrogens is 1. The average molecular weight is 538 g/mol. The van der Waals surface area contributed by atoms with Gasteiger partial charge in [0, 0.05) is 59.2 Å². The van der Waals surface area contributed by atoms with Crippen molar-refractivity contribution >= 4 is 23.2 Å². The Hall–Kier alpha value is -3.26. The first-order valence-electron chi connectivity index (χ1n) is 12.8. The van der Waals surface area contributed by atoms with Gasteiger partial charge in [-0.1, -0.05) is 48.9 Å². The lowest BCUT2D eigenvalue weighted by molar-refractivity contribution is 0.0213. The van der Waals surface area contributed by atoms with E-state index in [9.17, 15) is 9.90 Å². The monoisotopic (exact) mass is 537 g/mol. The maximum atomic E-state index is 15.5. The van der Waals surface area contributed by atoms with Crippen LogP contribution < -0.4 is 10.6 Å². The summed E-state index contributed by atoms with van der Waals surface area (Å²) in [7, 11) is 1.48. The zero-order valence-corrected chi connectivity index (χ0v) is 22.3. The summed E-state index contributed by atoms with van der Waals surface area (Å²) < 4.78 is 20.9. The highest BCUT2D eigenvalue weighted by molar-refractivity contribution is 6.30. The topological polar surface area (TPSA) is 83.5 Å². The van der Waals surface area contributed by atoms with Crippen LogP contribution in [0.4, 0.5) is 4.39 Å². The summed E-state index contributed by atoms with van der Waals surface area (Å²) in [4.78, 5) is 18.0. The molecule has 2 aromatic carbocycles. The lowest BCUT2D eigenvalue weighted by Crippen LogP contribution is -2.47. The zero-order valence-electron chi connectivity index (χ0n) is 21.5. The number of amides is 1. The number of aliphatic hydroxyl groups is 1. The molecule has 0 radical (unpaired) electrons. The Morgan fingerprint density at radius 1 is 1.21 bits per heavy atom. The van der Waals surface area contributed by atoms with Crippen molar-refractivity contribution in [2.75, 3.05) is 13.7 Å². The van der Waals surface area contributed by atoms with Gasteiger partial charge in [0.1, 0.15) is 11.9 Å². The molecule has 1 aliphatic heterocycles. The SMILES string of the molecule is CCC1CC(c2c(F)cccc2C(=O)N[C@H](Cc2ccccn2)[C@@H](CO)OC)C=C(c2ccc(Cl)cc2)N1. The molecule has 2 heterocycles. The van der Waals surface area contributed by atoms with Crippen molar-refractivity contribution in [2.24, 2.45) is 0 Å². The second-order valence-electron chi connectivity index (χ2n) is 9.44. The van der Waals surface area contributed by atoms with Crippen molar-refractivity contribution in [3.8, 4) is 0 Å². The quantitative estimate of drug-likeness (QED) is 0.334. The molecule has 1 aromatic heterocycles. The molecule has 3 N–H and O–H groups in total. The summed E-state index contributed by atoms with van der Waals surface area (Å²) in [5.41, 5.74) is 3.18. The van der Waals surface area contributed by atoms with Crippen molar-refractivity contribution in [3.05, 3.63) is 106 Å². The van der Waals surface area contributed by atoms with E-state index in [0.29, 0.717) is 23.4 Å². The van der Waals surface area contributed by atoms with Crippen LogP contribution >= 0.6 is 11.6 Å². The zero-order chi connectivity index (χ0) is 27.1. The Bertz CT molecular complexity index is 1250. The number of halogens is 2. The number of pyridine rings is 1. The molecule has 0 fully saturated rings. The van der Waals surface area contributed by atoms with Gasteiger partial charge in [0.05, 0.1) is 12.6 Å². The van der Waals surface area contributed by atoms with Crippen LogP contribution in [-0.2, 0) is 11.2 Å². The standard InChI is InChI=1S/C30H33ClFN3O3/c1-3-22-15-20(16-26(34-22)19-10-12-21(31)13-11-19)29-24(8-6-9-25(29)32)30(37)35-27(28(18-36)38-2)17-23-7-4-5-14-33-23/h4-14,16,20,22,27-28,34,36H,3,15,17-18H2,1-2H3,(H,35,37)/t20?,22?,27-,28-/m1/s1. The van der Waals surface area contributed by atoms with Crippen molar-refractivity contribution in [1.82, 2.24) is 15.6 Å². The van der Waals surface area contributed by atoms with Crippen molar-refractivity contribution < 1.29 is 19.0 Å². The lowest BCUT2D eigenvalue weighted by Gasteiger charge is -2.32. The number of ether oxygens (including phenoxy) is 1. The van der Waals surface area contributed by atoms with Gasteiger partial charge in [0.2, 0.25) is 0 Å². The largest absolute Gasteiger partial charge is 0.394 e. The number of methoxy groups -OCH3 is 1. The molecule has 0 spiro atoms. The Morgan fingerprint density at radius 2 is 2.00 bits per heavy atom. The van der Waals surface area contributed by atoms with Gasteiger partial charge >= 0.3 is 0 Å². The normalized spacial score (nSPS) is 18.7. The van der Waals surface area contributed by atoms with Gasteiger partial charge in [0.25, 0.3) is 5.91 Å². The van der Waals surface area contributed by atoms with E-state index >= 15 is 4.39 Å². The Labute approximate surface area is 227 Å². The van der Waals surface area contributed by atoms with E-state index in [1.54, 1.807) is 18.3 Å². The van der Waals surface area contributed by atoms with Crippen LogP contribution in [-0.4, -0.2) is 47.9 Å². The number of rotatable bonds is 10. The van der Waals surface area contributed by atoms with Gasteiger partial charge < -0.3 is 20.5 Å². The first-order chi connectivity index (χ1) is 18.4. The van der Waals surface area contributed by atoms with E-state index in [1.165, 1.54) is 13.2 Å². The van der Waals surface area contributed by atoms with Crippen LogP contribution in [0.1, 0.15) is 52.9 Å². The molecule has 2 unspecified atom stereocenters. The molecule has 0 saturated heterocycles. The first kappa shape index (κ1) is 27.8. The van der Waals surface area contributed by atoms with Crippen LogP contribution in [0.25, 0.3) is 5.70 Å². The third kappa shape index (κ3) is 6.59. The maximum Gasteiger partial charge on any atom is 0.252 e. The van der Waals surface area contributed by atoms with Crippen LogP contribution in [0.3, 0.4) is 0 Å². The van der Waals surface area contributed by atoms with Crippen LogP contribution in [0.2, 0.25) is 5.02 Å². The Morgan fingerprint density at radius 3 is 2.66 bits per heavy atom. The molecule has 3 aromatic rings. The molecular weight excluding hydrogens is 505 g/mol. The van der Waals surface area contributed by atoms with Gasteiger partial charge in [-0.3, -0.25) is 9.78 Å². The van der Waals surface area contributed by atoms with Crippen molar-refractivity contribution in [1.29, 1.82) is 0 Å². The number of benzene rings is 2. The summed E-state index contributed by atoms with van der Waals surface area (Å²) >= 11 is 6.08.